The number of hydrogen-bond acceptors (Lipinski definition) is 4. The van der Waals surface area contributed by atoms with E-state index in [1.165, 1.54) is 0 Å². The number of aliphatic imine (C=N–C) groups is 1. The molecule has 1 N–H and O–H groups in total. The molecule has 3 rings (SSSR count). The first-order valence-electron chi connectivity index (χ1n) is 8.42. The van der Waals surface area contributed by atoms with Gasteiger partial charge in [0.15, 0.2) is 6.04 Å². The van der Waals surface area contributed by atoms with Crippen molar-refractivity contribution in [3.05, 3.63) is 71.8 Å². The molecule has 0 radical (unpaired) electrons. The van der Waals surface area contributed by atoms with Gasteiger partial charge >= 0.3 is 5.97 Å². The molecule has 25 heavy (non-hydrogen) atoms. The molecule has 128 valence electrons. The number of nitrogens with zero attached hydrogens (tertiary/aromatic N) is 1. The second-order valence-electron chi connectivity index (χ2n) is 5.85. The highest BCUT2D eigenvalue weighted by Crippen LogP contribution is 2.17. The topological polar surface area (TPSA) is 67.8 Å². The zero-order valence-electron chi connectivity index (χ0n) is 13.9. The molecule has 1 atom stereocenters. The highest BCUT2D eigenvalue weighted by atomic mass is 16.6. The Balaban J connectivity index is 1.41. The molecule has 1 unspecified atom stereocenters. The molecule has 5 nitrogen and oxygen atoms in total. The fraction of sp³-hybridized carbons (Fsp3) is 0.250. The molecule has 2 aromatic carbocycles. The molecule has 1 amide bonds. The van der Waals surface area contributed by atoms with Crippen molar-refractivity contribution in [2.75, 3.05) is 6.54 Å². The fourth-order valence-corrected chi connectivity index (χ4v) is 2.64. The lowest BCUT2D eigenvalue weighted by Crippen LogP contribution is -2.24. The van der Waals surface area contributed by atoms with Crippen molar-refractivity contribution in [3.8, 4) is 0 Å². The third kappa shape index (κ3) is 4.53. The van der Waals surface area contributed by atoms with Gasteiger partial charge in [-0.15, -0.1) is 0 Å². The van der Waals surface area contributed by atoms with E-state index in [9.17, 15) is 9.59 Å². The first-order chi connectivity index (χ1) is 12.2. The van der Waals surface area contributed by atoms with Crippen molar-refractivity contribution in [2.45, 2.75) is 25.3 Å². The minimum absolute atomic E-state index is 0.0785. The van der Waals surface area contributed by atoms with Crippen molar-refractivity contribution in [3.63, 3.8) is 0 Å². The third-order valence-electron chi connectivity index (χ3n) is 3.99. The number of amides is 1. The molecule has 2 aromatic rings. The Bertz CT molecular complexity index is 757. The van der Waals surface area contributed by atoms with E-state index >= 15 is 0 Å². The summed E-state index contributed by atoms with van der Waals surface area (Å²) in [4.78, 5) is 28.2. The van der Waals surface area contributed by atoms with Gasteiger partial charge in [-0.1, -0.05) is 36.4 Å². The molecule has 0 aromatic heterocycles. The maximum Gasteiger partial charge on any atom is 0.337 e. The molecule has 1 aliphatic rings. The van der Waals surface area contributed by atoms with Gasteiger partial charge in [-0.2, -0.15) is 0 Å². The molecule has 0 saturated heterocycles. The van der Waals surface area contributed by atoms with Crippen molar-refractivity contribution in [1.82, 2.24) is 5.32 Å². The Morgan fingerprint density at radius 3 is 2.40 bits per heavy atom. The van der Waals surface area contributed by atoms with E-state index < -0.39 is 6.04 Å². The Kier molecular flexibility index (Phi) is 5.57. The number of rotatable bonds is 7. The van der Waals surface area contributed by atoms with Crippen LogP contribution in [0.15, 0.2) is 65.7 Å². The molecule has 1 aliphatic heterocycles. The molecule has 5 heteroatoms. The van der Waals surface area contributed by atoms with Gasteiger partial charge in [0.1, 0.15) is 0 Å². The predicted octanol–water partition coefficient (Wildman–Crippen LogP) is 2.96. The summed E-state index contributed by atoms with van der Waals surface area (Å²) in [7, 11) is 0. The summed E-state index contributed by atoms with van der Waals surface area (Å²) < 4.78 is 5.25. The summed E-state index contributed by atoms with van der Waals surface area (Å²) >= 11 is 0. The molecular weight excluding hydrogens is 316 g/mol. The summed E-state index contributed by atoms with van der Waals surface area (Å²) in [6.07, 6.45) is 2.20. The molecule has 0 fully saturated rings. The largest absolute Gasteiger partial charge is 0.406 e. The van der Waals surface area contributed by atoms with Crippen LogP contribution in [0.3, 0.4) is 0 Å². The first kappa shape index (κ1) is 16.9. The van der Waals surface area contributed by atoms with Gasteiger partial charge in [0.2, 0.25) is 5.90 Å². The quantitative estimate of drug-likeness (QED) is 0.624. The highest BCUT2D eigenvalue weighted by Gasteiger charge is 2.29. The van der Waals surface area contributed by atoms with Crippen LogP contribution in [0.1, 0.15) is 35.2 Å². The average Bonchev–Trinajstić information content (AvgIpc) is 3.03. The normalized spacial score (nSPS) is 16.2. The van der Waals surface area contributed by atoms with Crippen molar-refractivity contribution >= 4 is 17.8 Å². The molecule has 1 heterocycles. The predicted molar refractivity (Wildman–Crippen MR) is 95.5 cm³/mol. The number of hydrogen-bond donors (Lipinski definition) is 1. The van der Waals surface area contributed by atoms with Gasteiger partial charge in [-0.3, -0.25) is 4.79 Å². The van der Waals surface area contributed by atoms with E-state index in [1.54, 1.807) is 12.1 Å². The minimum Gasteiger partial charge on any atom is -0.406 e. The van der Waals surface area contributed by atoms with Crippen LogP contribution in [-0.2, 0) is 9.53 Å². The standard InChI is InChI=1S/C20H20N2O3/c23-18(15-9-3-1-4-10-15)21-14-8-7-13-17-20(24)25-19(22-17)16-11-5-2-6-12-16/h1-6,9-12,17H,7-8,13-14H2,(H,21,23). The summed E-state index contributed by atoms with van der Waals surface area (Å²) in [5.41, 5.74) is 1.47. The Labute approximate surface area is 146 Å². The lowest BCUT2D eigenvalue weighted by molar-refractivity contribution is -0.135. The monoisotopic (exact) mass is 336 g/mol. The van der Waals surface area contributed by atoms with E-state index in [0.29, 0.717) is 24.4 Å². The summed E-state index contributed by atoms with van der Waals surface area (Å²) in [6, 6.07) is 18.1. The van der Waals surface area contributed by atoms with Crippen LogP contribution in [0, 0.1) is 0 Å². The second-order valence-corrected chi connectivity index (χ2v) is 5.85. The zero-order chi connectivity index (χ0) is 17.5. The summed E-state index contributed by atoms with van der Waals surface area (Å²) in [5.74, 6) is 0.0189. The van der Waals surface area contributed by atoms with Crippen LogP contribution in [-0.4, -0.2) is 30.4 Å². The molecule has 0 saturated carbocycles. The van der Waals surface area contributed by atoms with Crippen molar-refractivity contribution in [1.29, 1.82) is 0 Å². The number of carbonyl (C=O) groups is 2. The van der Waals surface area contributed by atoms with Crippen LogP contribution >= 0.6 is 0 Å². The first-order valence-corrected chi connectivity index (χ1v) is 8.42. The van der Waals surface area contributed by atoms with Crippen molar-refractivity contribution < 1.29 is 14.3 Å². The molecule has 0 spiro atoms. The van der Waals surface area contributed by atoms with E-state index in [-0.39, 0.29) is 11.9 Å². The number of cyclic esters (lactones) is 1. The molecule has 0 aliphatic carbocycles. The van der Waals surface area contributed by atoms with Gasteiger partial charge in [-0.05, 0) is 43.5 Å². The fourth-order valence-electron chi connectivity index (χ4n) is 2.64. The van der Waals surface area contributed by atoms with Gasteiger partial charge in [0, 0.05) is 17.7 Å². The molecule has 0 bridgehead atoms. The molecular formula is C20H20N2O3. The Morgan fingerprint density at radius 2 is 1.68 bits per heavy atom. The highest BCUT2D eigenvalue weighted by molar-refractivity contribution is 6.06. The van der Waals surface area contributed by atoms with Crippen molar-refractivity contribution in [2.24, 2.45) is 4.99 Å². The summed E-state index contributed by atoms with van der Waals surface area (Å²) in [6.45, 7) is 0.574. The zero-order valence-corrected chi connectivity index (χ0v) is 13.9. The SMILES string of the molecule is O=C(NCCCCC1N=C(c2ccccc2)OC1=O)c1ccccc1. The van der Waals surface area contributed by atoms with Crippen LogP contribution in [0.2, 0.25) is 0 Å². The third-order valence-corrected chi connectivity index (χ3v) is 3.99. The Morgan fingerprint density at radius 1 is 1.00 bits per heavy atom. The number of nitrogens with one attached hydrogen (secondary N) is 1. The number of benzene rings is 2. The van der Waals surface area contributed by atoms with Gasteiger partial charge in [-0.25, -0.2) is 9.79 Å². The van der Waals surface area contributed by atoms with E-state index in [0.717, 1.165) is 18.4 Å². The summed E-state index contributed by atoms with van der Waals surface area (Å²) in [5, 5.41) is 2.88. The van der Waals surface area contributed by atoms with E-state index in [4.69, 9.17) is 4.74 Å². The Hall–Kier alpha value is -2.95. The number of carbonyl (C=O) groups excluding carboxylic acids is 2. The number of ether oxygens (including phenoxy) is 1. The second kappa shape index (κ2) is 8.24. The lowest BCUT2D eigenvalue weighted by atomic mass is 10.1. The maximum absolute atomic E-state index is 11.9. The average molecular weight is 336 g/mol. The van der Waals surface area contributed by atoms with E-state index in [1.807, 2.05) is 48.5 Å². The van der Waals surface area contributed by atoms with Crippen LogP contribution in [0.4, 0.5) is 0 Å². The van der Waals surface area contributed by atoms with E-state index in [2.05, 4.69) is 10.3 Å². The number of unbranched alkanes of at least 4 members (excludes halogenated alkanes) is 1. The van der Waals surface area contributed by atoms with Gasteiger partial charge in [0.05, 0.1) is 0 Å². The lowest BCUT2D eigenvalue weighted by Gasteiger charge is -2.06. The van der Waals surface area contributed by atoms with Gasteiger partial charge in [0.25, 0.3) is 5.91 Å². The minimum atomic E-state index is -0.444. The number of esters is 1. The van der Waals surface area contributed by atoms with Crippen LogP contribution in [0.25, 0.3) is 0 Å². The smallest absolute Gasteiger partial charge is 0.337 e. The van der Waals surface area contributed by atoms with Gasteiger partial charge < -0.3 is 10.1 Å². The van der Waals surface area contributed by atoms with Crippen LogP contribution < -0.4 is 5.32 Å². The van der Waals surface area contributed by atoms with Crippen LogP contribution in [0.5, 0.6) is 0 Å². The maximum atomic E-state index is 11.9.